The Labute approximate surface area is 184 Å². The number of carbonyl (C=O) groups is 2. The third kappa shape index (κ3) is 4.53. The smallest absolute Gasteiger partial charge is 0.240 e. The van der Waals surface area contributed by atoms with E-state index in [0.29, 0.717) is 6.42 Å². The molecule has 4 fully saturated rings. The number of nitrogens with one attached hydrogen (secondary N) is 2. The van der Waals surface area contributed by atoms with Crippen LogP contribution in [0.2, 0.25) is 0 Å². The maximum atomic E-state index is 12.8. The Balaban J connectivity index is 1.18. The number of hydrogen-bond donors (Lipinski definition) is 2. The molecule has 4 nitrogen and oxygen atoms in total. The number of rotatable bonds is 7. The largest absolute Gasteiger partial charge is 0.347 e. The van der Waals surface area contributed by atoms with Gasteiger partial charge in [0, 0.05) is 6.42 Å². The summed E-state index contributed by atoms with van der Waals surface area (Å²) in [6.45, 7) is 0.0291. The Morgan fingerprint density at radius 1 is 0.774 bits per heavy atom. The highest BCUT2D eigenvalue weighted by molar-refractivity contribution is 5.85. The third-order valence-electron chi connectivity index (χ3n) is 7.72. The lowest BCUT2D eigenvalue weighted by Crippen LogP contribution is -2.48. The fraction of sp³-hybridized carbons (Fsp3) is 0.481. The average Bonchev–Trinajstić information content (AvgIpc) is 2.76. The van der Waals surface area contributed by atoms with Crippen molar-refractivity contribution in [3.05, 3.63) is 71.8 Å². The van der Waals surface area contributed by atoms with Crippen LogP contribution < -0.4 is 10.6 Å². The van der Waals surface area contributed by atoms with Crippen LogP contribution in [0.1, 0.15) is 62.1 Å². The van der Waals surface area contributed by atoms with Crippen molar-refractivity contribution < 1.29 is 9.59 Å². The Morgan fingerprint density at radius 2 is 1.26 bits per heavy atom. The maximum Gasteiger partial charge on any atom is 0.240 e. The van der Waals surface area contributed by atoms with Crippen LogP contribution in [0.3, 0.4) is 0 Å². The predicted octanol–water partition coefficient (Wildman–Crippen LogP) is 4.61. The second-order valence-corrected chi connectivity index (χ2v) is 10.2. The average molecular weight is 417 g/mol. The summed E-state index contributed by atoms with van der Waals surface area (Å²) in [7, 11) is 0. The summed E-state index contributed by atoms with van der Waals surface area (Å²) in [6, 6.07) is 19.7. The normalized spacial score (nSPS) is 28.5. The maximum absolute atomic E-state index is 12.8. The molecule has 4 saturated carbocycles. The fourth-order valence-corrected chi connectivity index (χ4v) is 6.95. The summed E-state index contributed by atoms with van der Waals surface area (Å²) in [6.07, 6.45) is 8.36. The van der Waals surface area contributed by atoms with E-state index in [1.54, 1.807) is 0 Å². The lowest BCUT2D eigenvalue weighted by molar-refractivity contribution is -0.132. The van der Waals surface area contributed by atoms with E-state index in [0.717, 1.165) is 28.9 Å². The van der Waals surface area contributed by atoms with Crippen LogP contribution in [0.5, 0.6) is 0 Å². The molecule has 0 aliphatic heterocycles. The Kier molecular flexibility index (Phi) is 5.56. The number of benzene rings is 2. The molecule has 4 bridgehead atoms. The molecule has 2 aromatic rings. The zero-order valence-electron chi connectivity index (χ0n) is 18.1. The topological polar surface area (TPSA) is 58.2 Å². The monoisotopic (exact) mass is 416 g/mol. The van der Waals surface area contributed by atoms with Gasteiger partial charge in [-0.2, -0.15) is 0 Å². The summed E-state index contributed by atoms with van der Waals surface area (Å²) < 4.78 is 0. The van der Waals surface area contributed by atoms with Gasteiger partial charge in [0.05, 0.1) is 12.6 Å². The standard InChI is InChI=1S/C27H32N2O2/c30-24(17-27-14-19-11-20(15-27)13-21(12-19)16-27)28-18-25(31)29-26(22-7-3-1-4-8-22)23-9-5-2-6-10-23/h1-10,19-21,26H,11-18H2,(H,28,30)(H,29,31). The van der Waals surface area contributed by atoms with Gasteiger partial charge in [0.25, 0.3) is 0 Å². The number of hydrogen-bond acceptors (Lipinski definition) is 2. The Morgan fingerprint density at radius 3 is 1.74 bits per heavy atom. The minimum Gasteiger partial charge on any atom is -0.347 e. The molecule has 2 amide bonds. The van der Waals surface area contributed by atoms with Gasteiger partial charge in [0.15, 0.2) is 0 Å². The van der Waals surface area contributed by atoms with E-state index in [9.17, 15) is 9.59 Å². The summed E-state index contributed by atoms with van der Waals surface area (Å²) >= 11 is 0. The molecule has 6 rings (SSSR count). The van der Waals surface area contributed by atoms with Crippen LogP contribution in [-0.2, 0) is 9.59 Å². The van der Waals surface area contributed by atoms with Gasteiger partial charge in [-0.25, -0.2) is 0 Å². The first-order valence-electron chi connectivity index (χ1n) is 11.7. The molecular formula is C27H32N2O2. The Hall–Kier alpha value is -2.62. The highest BCUT2D eigenvalue weighted by Gasteiger charge is 2.51. The van der Waals surface area contributed by atoms with E-state index < -0.39 is 0 Å². The van der Waals surface area contributed by atoms with Crippen LogP contribution in [-0.4, -0.2) is 18.4 Å². The van der Waals surface area contributed by atoms with Gasteiger partial charge < -0.3 is 10.6 Å². The minimum atomic E-state index is -0.227. The van der Waals surface area contributed by atoms with Crippen molar-refractivity contribution in [3.8, 4) is 0 Å². The molecule has 4 aliphatic rings. The molecule has 0 unspecified atom stereocenters. The highest BCUT2D eigenvalue weighted by Crippen LogP contribution is 2.61. The lowest BCUT2D eigenvalue weighted by Gasteiger charge is -2.56. The number of amides is 2. The van der Waals surface area contributed by atoms with E-state index in [1.807, 2.05) is 60.7 Å². The van der Waals surface area contributed by atoms with Gasteiger partial charge in [-0.3, -0.25) is 9.59 Å². The van der Waals surface area contributed by atoms with Gasteiger partial charge in [-0.15, -0.1) is 0 Å². The van der Waals surface area contributed by atoms with E-state index in [4.69, 9.17) is 0 Å². The first-order valence-corrected chi connectivity index (χ1v) is 11.7. The van der Waals surface area contributed by atoms with E-state index in [-0.39, 0.29) is 29.8 Å². The Bertz CT molecular complexity index is 850. The quantitative estimate of drug-likeness (QED) is 0.692. The molecule has 0 saturated heterocycles. The zero-order chi connectivity index (χ0) is 21.3. The van der Waals surface area contributed by atoms with Gasteiger partial charge in [0.1, 0.15) is 0 Å². The van der Waals surface area contributed by atoms with Gasteiger partial charge >= 0.3 is 0 Å². The molecule has 0 spiro atoms. The van der Waals surface area contributed by atoms with Gasteiger partial charge in [0.2, 0.25) is 11.8 Å². The zero-order valence-corrected chi connectivity index (χ0v) is 18.1. The fourth-order valence-electron chi connectivity index (χ4n) is 6.95. The van der Waals surface area contributed by atoms with Crippen LogP contribution in [0.4, 0.5) is 0 Å². The van der Waals surface area contributed by atoms with E-state index in [1.165, 1.54) is 38.5 Å². The SMILES string of the molecule is O=C(CC12CC3CC(CC(C3)C1)C2)NCC(=O)NC(c1ccccc1)c1ccccc1. The molecule has 2 aromatic carbocycles. The molecule has 31 heavy (non-hydrogen) atoms. The van der Waals surface area contributed by atoms with Crippen molar-refractivity contribution in [2.45, 2.75) is 51.0 Å². The van der Waals surface area contributed by atoms with Crippen molar-refractivity contribution in [1.82, 2.24) is 10.6 Å². The molecule has 0 heterocycles. The van der Waals surface area contributed by atoms with E-state index >= 15 is 0 Å². The van der Waals surface area contributed by atoms with Crippen LogP contribution in [0.15, 0.2) is 60.7 Å². The van der Waals surface area contributed by atoms with Crippen LogP contribution >= 0.6 is 0 Å². The first kappa shape index (κ1) is 20.3. The van der Waals surface area contributed by atoms with Crippen LogP contribution in [0.25, 0.3) is 0 Å². The molecule has 162 valence electrons. The van der Waals surface area contributed by atoms with E-state index in [2.05, 4.69) is 10.6 Å². The summed E-state index contributed by atoms with van der Waals surface area (Å²) in [4.78, 5) is 25.5. The summed E-state index contributed by atoms with van der Waals surface area (Å²) in [5.74, 6) is 2.38. The molecule has 4 heteroatoms. The van der Waals surface area contributed by atoms with Gasteiger partial charge in [-0.05, 0) is 72.8 Å². The predicted molar refractivity (Wildman–Crippen MR) is 121 cm³/mol. The molecule has 0 radical (unpaired) electrons. The molecular weight excluding hydrogens is 384 g/mol. The van der Waals surface area contributed by atoms with Crippen molar-refractivity contribution in [1.29, 1.82) is 0 Å². The highest BCUT2D eigenvalue weighted by atomic mass is 16.2. The van der Waals surface area contributed by atoms with Crippen molar-refractivity contribution in [2.24, 2.45) is 23.2 Å². The third-order valence-corrected chi connectivity index (χ3v) is 7.72. The molecule has 2 N–H and O–H groups in total. The first-order chi connectivity index (χ1) is 15.1. The second kappa shape index (κ2) is 8.49. The lowest BCUT2D eigenvalue weighted by atomic mass is 9.49. The molecule has 4 aliphatic carbocycles. The summed E-state index contributed by atoms with van der Waals surface area (Å²) in [5.41, 5.74) is 2.26. The van der Waals surface area contributed by atoms with Crippen LogP contribution in [0, 0.1) is 23.2 Å². The second-order valence-electron chi connectivity index (χ2n) is 10.2. The molecule has 0 atom stereocenters. The van der Waals surface area contributed by atoms with Crippen molar-refractivity contribution in [3.63, 3.8) is 0 Å². The van der Waals surface area contributed by atoms with Gasteiger partial charge in [-0.1, -0.05) is 60.7 Å². The number of carbonyl (C=O) groups excluding carboxylic acids is 2. The summed E-state index contributed by atoms with van der Waals surface area (Å²) in [5, 5.41) is 6.03. The minimum absolute atomic E-state index is 0.0291. The van der Waals surface area contributed by atoms with Crippen molar-refractivity contribution >= 4 is 11.8 Å². The molecule has 0 aromatic heterocycles. The van der Waals surface area contributed by atoms with Crippen molar-refractivity contribution in [2.75, 3.05) is 6.54 Å².